The summed E-state index contributed by atoms with van der Waals surface area (Å²) in [5.74, 6) is 0. The summed E-state index contributed by atoms with van der Waals surface area (Å²) in [6.45, 7) is 3.80. The highest BCUT2D eigenvalue weighted by Gasteiger charge is 2.27. The number of rotatable bonds is 5. The maximum atomic E-state index is 12.7. The summed E-state index contributed by atoms with van der Waals surface area (Å²) in [6, 6.07) is 7.38. The Kier molecular flexibility index (Phi) is 6.12. The van der Waals surface area contributed by atoms with Crippen molar-refractivity contribution in [2.45, 2.75) is 57.5 Å². The third-order valence-corrected chi connectivity index (χ3v) is 4.59. The van der Waals surface area contributed by atoms with Crippen LogP contribution in [0.5, 0.6) is 0 Å². The Morgan fingerprint density at radius 3 is 2.38 bits per heavy atom. The van der Waals surface area contributed by atoms with Crippen molar-refractivity contribution in [3.8, 4) is 0 Å². The van der Waals surface area contributed by atoms with Crippen molar-refractivity contribution < 1.29 is 8.78 Å². The van der Waals surface area contributed by atoms with Crippen molar-refractivity contribution >= 4 is 0 Å². The summed E-state index contributed by atoms with van der Waals surface area (Å²) in [4.78, 5) is 2.49. The highest BCUT2D eigenvalue weighted by Crippen LogP contribution is 2.30. The van der Waals surface area contributed by atoms with Gasteiger partial charge in [-0.3, -0.25) is 4.90 Å². The van der Waals surface area contributed by atoms with Gasteiger partial charge in [0.25, 0.3) is 6.43 Å². The first-order chi connectivity index (χ1) is 10.2. The zero-order valence-corrected chi connectivity index (χ0v) is 12.8. The number of alkyl halides is 2. The number of hydrogen-bond donors (Lipinski definition) is 1. The van der Waals surface area contributed by atoms with Crippen molar-refractivity contribution in [1.82, 2.24) is 4.90 Å². The van der Waals surface area contributed by atoms with Crippen molar-refractivity contribution in [3.05, 3.63) is 35.4 Å². The van der Waals surface area contributed by atoms with E-state index in [9.17, 15) is 8.78 Å². The normalized spacial score (nSPS) is 22.2. The molecular formula is C17H26F2N2. The molecule has 0 radical (unpaired) electrons. The summed E-state index contributed by atoms with van der Waals surface area (Å²) >= 11 is 0. The van der Waals surface area contributed by atoms with Crippen LogP contribution in [0.1, 0.15) is 62.6 Å². The molecule has 21 heavy (non-hydrogen) atoms. The molecule has 1 fully saturated rings. The quantitative estimate of drug-likeness (QED) is 0.878. The number of nitrogens with two attached hydrogens (primary N) is 1. The fourth-order valence-electron chi connectivity index (χ4n) is 3.38. The summed E-state index contributed by atoms with van der Waals surface area (Å²) in [5.41, 5.74) is 7.15. The molecule has 1 aliphatic heterocycles. The molecule has 2 unspecified atom stereocenters. The molecule has 2 atom stereocenters. The van der Waals surface area contributed by atoms with Gasteiger partial charge in [-0.05, 0) is 31.4 Å². The molecule has 1 aliphatic rings. The van der Waals surface area contributed by atoms with Crippen LogP contribution in [0, 0.1) is 0 Å². The number of likely N-dealkylation sites (tertiary alicyclic amines) is 1. The van der Waals surface area contributed by atoms with E-state index in [0.717, 1.165) is 18.5 Å². The zero-order chi connectivity index (χ0) is 15.2. The van der Waals surface area contributed by atoms with E-state index in [1.165, 1.54) is 37.8 Å². The Hall–Kier alpha value is -1.00. The minimum absolute atomic E-state index is 0.0810. The number of halogens is 2. The Morgan fingerprint density at radius 2 is 1.81 bits per heavy atom. The van der Waals surface area contributed by atoms with Gasteiger partial charge in [-0.2, -0.15) is 0 Å². The van der Waals surface area contributed by atoms with Crippen LogP contribution in [0.4, 0.5) is 8.78 Å². The molecule has 1 aromatic carbocycles. The van der Waals surface area contributed by atoms with Gasteiger partial charge in [0.2, 0.25) is 0 Å². The van der Waals surface area contributed by atoms with Gasteiger partial charge < -0.3 is 5.73 Å². The molecule has 0 spiro atoms. The van der Waals surface area contributed by atoms with E-state index in [0.29, 0.717) is 12.6 Å². The van der Waals surface area contributed by atoms with E-state index in [4.69, 9.17) is 5.73 Å². The monoisotopic (exact) mass is 296 g/mol. The first kappa shape index (κ1) is 16.4. The lowest BCUT2D eigenvalue weighted by Crippen LogP contribution is -2.41. The second-order valence-electron chi connectivity index (χ2n) is 5.87. The van der Waals surface area contributed by atoms with Gasteiger partial charge in [-0.25, -0.2) is 8.78 Å². The summed E-state index contributed by atoms with van der Waals surface area (Å²) in [7, 11) is 0. The van der Waals surface area contributed by atoms with Crippen LogP contribution < -0.4 is 5.73 Å². The predicted molar refractivity (Wildman–Crippen MR) is 82.4 cm³/mol. The molecule has 2 rings (SSSR count). The van der Waals surface area contributed by atoms with E-state index in [1.807, 2.05) is 12.1 Å². The van der Waals surface area contributed by atoms with Gasteiger partial charge in [0.05, 0.1) is 0 Å². The molecule has 1 saturated heterocycles. The molecule has 1 heterocycles. The predicted octanol–water partition coefficient (Wildman–Crippen LogP) is 4.28. The van der Waals surface area contributed by atoms with E-state index in [1.54, 1.807) is 0 Å². The molecule has 0 aliphatic carbocycles. The summed E-state index contributed by atoms with van der Waals surface area (Å²) in [6.07, 6.45) is 3.66. The molecule has 118 valence electrons. The molecular weight excluding hydrogens is 270 g/mol. The zero-order valence-electron chi connectivity index (χ0n) is 12.8. The van der Waals surface area contributed by atoms with E-state index in [-0.39, 0.29) is 11.6 Å². The minimum Gasteiger partial charge on any atom is -0.329 e. The lowest BCUT2D eigenvalue weighted by molar-refractivity contribution is 0.135. The van der Waals surface area contributed by atoms with Crippen molar-refractivity contribution in [2.75, 3.05) is 13.1 Å². The van der Waals surface area contributed by atoms with Crippen LogP contribution in [0.2, 0.25) is 0 Å². The largest absolute Gasteiger partial charge is 0.329 e. The van der Waals surface area contributed by atoms with Gasteiger partial charge >= 0.3 is 0 Å². The molecule has 2 N–H and O–H groups in total. The molecule has 4 heteroatoms. The first-order valence-corrected chi connectivity index (χ1v) is 8.01. The smallest absolute Gasteiger partial charge is 0.263 e. The van der Waals surface area contributed by atoms with Crippen molar-refractivity contribution in [3.63, 3.8) is 0 Å². The average Bonchev–Trinajstić information content (AvgIpc) is 2.74. The standard InChI is InChI=1S/C17H26F2N2/c1-2-15-6-4-3-5-11-21(15)16(12-20)13-7-9-14(10-8-13)17(18)19/h7-10,15-17H,2-6,11-12,20H2,1H3. The van der Waals surface area contributed by atoms with Crippen LogP contribution >= 0.6 is 0 Å². The minimum atomic E-state index is -2.41. The molecule has 1 aromatic rings. The van der Waals surface area contributed by atoms with Crippen molar-refractivity contribution in [1.29, 1.82) is 0 Å². The molecule has 0 bridgehead atoms. The lowest BCUT2D eigenvalue weighted by atomic mass is 9.99. The second kappa shape index (κ2) is 7.85. The van der Waals surface area contributed by atoms with Gasteiger partial charge in [0.1, 0.15) is 0 Å². The summed E-state index contributed by atoms with van der Waals surface area (Å²) in [5, 5.41) is 0. The average molecular weight is 296 g/mol. The van der Waals surface area contributed by atoms with Gasteiger partial charge in [0.15, 0.2) is 0 Å². The second-order valence-corrected chi connectivity index (χ2v) is 5.87. The molecule has 2 nitrogen and oxygen atoms in total. The Balaban J connectivity index is 2.20. The number of nitrogens with zero attached hydrogens (tertiary/aromatic N) is 1. The third kappa shape index (κ3) is 4.01. The van der Waals surface area contributed by atoms with E-state index in [2.05, 4.69) is 11.8 Å². The van der Waals surface area contributed by atoms with Gasteiger partial charge in [-0.1, -0.05) is 44.0 Å². The lowest BCUT2D eigenvalue weighted by Gasteiger charge is -2.36. The number of benzene rings is 1. The maximum absolute atomic E-state index is 12.7. The topological polar surface area (TPSA) is 29.3 Å². The fraction of sp³-hybridized carbons (Fsp3) is 0.647. The fourth-order valence-corrected chi connectivity index (χ4v) is 3.38. The van der Waals surface area contributed by atoms with Crippen LogP contribution in [0.15, 0.2) is 24.3 Å². The van der Waals surface area contributed by atoms with Crippen LogP contribution in [-0.2, 0) is 0 Å². The van der Waals surface area contributed by atoms with Gasteiger partial charge in [-0.15, -0.1) is 0 Å². The molecule has 0 aromatic heterocycles. The van der Waals surface area contributed by atoms with Crippen LogP contribution in [0.3, 0.4) is 0 Å². The SMILES string of the molecule is CCC1CCCCCN1C(CN)c1ccc(C(F)F)cc1. The van der Waals surface area contributed by atoms with E-state index >= 15 is 0 Å². The highest BCUT2D eigenvalue weighted by atomic mass is 19.3. The first-order valence-electron chi connectivity index (χ1n) is 8.01. The summed E-state index contributed by atoms with van der Waals surface area (Å²) < 4.78 is 25.3. The molecule has 0 saturated carbocycles. The van der Waals surface area contributed by atoms with Crippen LogP contribution in [0.25, 0.3) is 0 Å². The van der Waals surface area contributed by atoms with Gasteiger partial charge in [0, 0.05) is 24.2 Å². The van der Waals surface area contributed by atoms with Crippen molar-refractivity contribution in [2.24, 2.45) is 5.73 Å². The van der Waals surface area contributed by atoms with Crippen LogP contribution in [-0.4, -0.2) is 24.0 Å². The van der Waals surface area contributed by atoms with E-state index < -0.39 is 6.43 Å². The Labute approximate surface area is 126 Å². The Morgan fingerprint density at radius 1 is 1.14 bits per heavy atom. The molecule has 0 amide bonds. The maximum Gasteiger partial charge on any atom is 0.263 e. The Bertz CT molecular complexity index is 419. The highest BCUT2D eigenvalue weighted by molar-refractivity contribution is 5.26. The third-order valence-electron chi connectivity index (χ3n) is 4.59. The number of hydrogen-bond acceptors (Lipinski definition) is 2.